The Kier molecular flexibility index (Phi) is 3.56. The minimum absolute atomic E-state index is 0.0425. The van der Waals surface area contributed by atoms with Crippen molar-refractivity contribution in [1.82, 2.24) is 4.98 Å². The molecule has 1 aromatic carbocycles. The van der Waals surface area contributed by atoms with Gasteiger partial charge in [0.15, 0.2) is 0 Å². The lowest BCUT2D eigenvalue weighted by Crippen LogP contribution is -1.90. The number of halogens is 2. The molecule has 2 rings (SSSR count). The summed E-state index contributed by atoms with van der Waals surface area (Å²) in [4.78, 5) is 3.96. The van der Waals surface area contributed by atoms with Gasteiger partial charge in [0.05, 0.1) is 11.6 Å². The summed E-state index contributed by atoms with van der Waals surface area (Å²) < 4.78 is 18.5. The molecular formula is C12H9ClFNO2. The fourth-order valence-corrected chi connectivity index (χ4v) is 1.34. The maximum absolute atomic E-state index is 13.1. The van der Waals surface area contributed by atoms with E-state index in [1.807, 2.05) is 0 Å². The van der Waals surface area contributed by atoms with Gasteiger partial charge in [0, 0.05) is 18.3 Å². The number of hydrogen-bond acceptors (Lipinski definition) is 3. The zero-order chi connectivity index (χ0) is 12.3. The first-order valence-electron chi connectivity index (χ1n) is 4.88. The van der Waals surface area contributed by atoms with E-state index < -0.39 is 5.82 Å². The number of aromatic nitrogens is 1. The SMILES string of the molecule is OCc1ccc(Oc2ccc(Cl)c(F)c2)nc1. The average molecular weight is 254 g/mol. The maximum atomic E-state index is 13.1. The van der Waals surface area contributed by atoms with Gasteiger partial charge in [-0.3, -0.25) is 0 Å². The van der Waals surface area contributed by atoms with Gasteiger partial charge in [-0.05, 0) is 23.8 Å². The summed E-state index contributed by atoms with van der Waals surface area (Å²) in [5, 5.41) is 8.88. The number of aliphatic hydroxyl groups is 1. The first-order chi connectivity index (χ1) is 8.19. The molecule has 3 nitrogen and oxygen atoms in total. The van der Waals surface area contributed by atoms with E-state index in [4.69, 9.17) is 21.4 Å². The van der Waals surface area contributed by atoms with Gasteiger partial charge in [-0.25, -0.2) is 9.37 Å². The largest absolute Gasteiger partial charge is 0.439 e. The highest BCUT2D eigenvalue weighted by molar-refractivity contribution is 6.30. The highest BCUT2D eigenvalue weighted by Crippen LogP contribution is 2.24. The lowest BCUT2D eigenvalue weighted by molar-refractivity contribution is 0.281. The Bertz CT molecular complexity index is 516. The number of benzene rings is 1. The Hall–Kier alpha value is -1.65. The molecule has 0 bridgehead atoms. The van der Waals surface area contributed by atoms with Crippen molar-refractivity contribution in [2.45, 2.75) is 6.61 Å². The molecule has 0 radical (unpaired) electrons. The van der Waals surface area contributed by atoms with Crippen molar-refractivity contribution in [1.29, 1.82) is 0 Å². The number of rotatable bonds is 3. The van der Waals surface area contributed by atoms with E-state index in [1.54, 1.807) is 18.2 Å². The molecule has 1 aromatic heterocycles. The minimum atomic E-state index is -0.545. The number of nitrogens with zero attached hydrogens (tertiary/aromatic N) is 1. The predicted molar refractivity (Wildman–Crippen MR) is 61.6 cm³/mol. The van der Waals surface area contributed by atoms with Crippen molar-refractivity contribution in [2.24, 2.45) is 0 Å². The van der Waals surface area contributed by atoms with Gasteiger partial charge in [0.1, 0.15) is 11.6 Å². The van der Waals surface area contributed by atoms with E-state index in [1.165, 1.54) is 18.3 Å². The van der Waals surface area contributed by atoms with E-state index >= 15 is 0 Å². The molecule has 2 aromatic rings. The molecule has 1 N–H and O–H groups in total. The molecule has 0 amide bonds. The van der Waals surface area contributed by atoms with Crippen LogP contribution in [0.3, 0.4) is 0 Å². The van der Waals surface area contributed by atoms with Crippen LogP contribution in [0, 0.1) is 5.82 Å². The normalized spacial score (nSPS) is 10.3. The Labute approximate surface area is 102 Å². The van der Waals surface area contributed by atoms with Crippen molar-refractivity contribution in [2.75, 3.05) is 0 Å². The van der Waals surface area contributed by atoms with Crippen LogP contribution in [0.25, 0.3) is 0 Å². The van der Waals surface area contributed by atoms with Gasteiger partial charge in [0.25, 0.3) is 0 Å². The van der Waals surface area contributed by atoms with Crippen LogP contribution in [0.4, 0.5) is 4.39 Å². The fraction of sp³-hybridized carbons (Fsp3) is 0.0833. The van der Waals surface area contributed by atoms with E-state index in [2.05, 4.69) is 4.98 Å². The number of aliphatic hydroxyl groups excluding tert-OH is 1. The molecule has 0 saturated heterocycles. The van der Waals surface area contributed by atoms with Crippen LogP contribution in [-0.2, 0) is 6.61 Å². The number of ether oxygens (including phenoxy) is 1. The topological polar surface area (TPSA) is 42.4 Å². The zero-order valence-electron chi connectivity index (χ0n) is 8.73. The second kappa shape index (κ2) is 5.12. The van der Waals surface area contributed by atoms with Crippen molar-refractivity contribution in [3.8, 4) is 11.6 Å². The Morgan fingerprint density at radius 1 is 1.29 bits per heavy atom. The van der Waals surface area contributed by atoms with Gasteiger partial charge in [-0.1, -0.05) is 11.6 Å². The van der Waals surface area contributed by atoms with Crippen LogP contribution in [0.1, 0.15) is 5.56 Å². The van der Waals surface area contributed by atoms with Crippen LogP contribution >= 0.6 is 11.6 Å². The molecule has 0 aliphatic rings. The number of pyridine rings is 1. The standard InChI is InChI=1S/C12H9ClFNO2/c13-10-3-2-9(5-11(10)14)17-12-4-1-8(7-16)6-15-12/h1-6,16H,7H2. The summed E-state index contributed by atoms with van der Waals surface area (Å²) in [5.74, 6) is 0.0937. The molecule has 0 saturated carbocycles. The van der Waals surface area contributed by atoms with Crippen LogP contribution in [0.15, 0.2) is 36.5 Å². The van der Waals surface area contributed by atoms with Gasteiger partial charge >= 0.3 is 0 Å². The van der Waals surface area contributed by atoms with Gasteiger partial charge in [-0.15, -0.1) is 0 Å². The van der Waals surface area contributed by atoms with E-state index in [9.17, 15) is 4.39 Å². The van der Waals surface area contributed by atoms with E-state index in [0.29, 0.717) is 17.2 Å². The second-order valence-corrected chi connectivity index (χ2v) is 3.75. The molecule has 1 heterocycles. The third kappa shape index (κ3) is 2.93. The van der Waals surface area contributed by atoms with Crippen LogP contribution in [0.5, 0.6) is 11.6 Å². The third-order valence-electron chi connectivity index (χ3n) is 2.09. The smallest absolute Gasteiger partial charge is 0.219 e. The lowest BCUT2D eigenvalue weighted by atomic mass is 10.3. The van der Waals surface area contributed by atoms with E-state index in [-0.39, 0.29) is 11.6 Å². The molecule has 5 heteroatoms. The van der Waals surface area contributed by atoms with Crippen LogP contribution in [0.2, 0.25) is 5.02 Å². The summed E-state index contributed by atoms with van der Waals surface area (Å²) in [6.45, 7) is -0.0805. The Balaban J connectivity index is 2.16. The van der Waals surface area contributed by atoms with Gasteiger partial charge in [0.2, 0.25) is 5.88 Å². The Morgan fingerprint density at radius 2 is 2.12 bits per heavy atom. The third-order valence-corrected chi connectivity index (χ3v) is 2.40. The molecule has 88 valence electrons. The van der Waals surface area contributed by atoms with Gasteiger partial charge < -0.3 is 9.84 Å². The highest BCUT2D eigenvalue weighted by atomic mass is 35.5. The fourth-order valence-electron chi connectivity index (χ4n) is 1.23. The number of hydrogen-bond donors (Lipinski definition) is 1. The van der Waals surface area contributed by atoms with Crippen molar-refractivity contribution in [3.05, 3.63) is 52.9 Å². The predicted octanol–water partition coefficient (Wildman–Crippen LogP) is 3.16. The summed E-state index contributed by atoms with van der Waals surface area (Å²) in [7, 11) is 0. The molecule has 17 heavy (non-hydrogen) atoms. The molecule has 0 atom stereocenters. The minimum Gasteiger partial charge on any atom is -0.439 e. The van der Waals surface area contributed by atoms with Crippen molar-refractivity contribution in [3.63, 3.8) is 0 Å². The summed E-state index contributed by atoms with van der Waals surface area (Å²) in [6.07, 6.45) is 1.49. The zero-order valence-corrected chi connectivity index (χ0v) is 9.49. The first kappa shape index (κ1) is 11.8. The maximum Gasteiger partial charge on any atom is 0.219 e. The summed E-state index contributed by atoms with van der Waals surface area (Å²) >= 11 is 5.55. The second-order valence-electron chi connectivity index (χ2n) is 3.34. The molecule has 0 spiro atoms. The first-order valence-corrected chi connectivity index (χ1v) is 5.25. The molecule has 0 fully saturated rings. The van der Waals surface area contributed by atoms with Crippen molar-refractivity contribution < 1.29 is 14.2 Å². The average Bonchev–Trinajstić information content (AvgIpc) is 2.35. The Morgan fingerprint density at radius 3 is 2.71 bits per heavy atom. The molecule has 0 aliphatic heterocycles. The quantitative estimate of drug-likeness (QED) is 0.914. The molecule has 0 aliphatic carbocycles. The van der Waals surface area contributed by atoms with Crippen molar-refractivity contribution >= 4 is 11.6 Å². The van der Waals surface area contributed by atoms with Crippen LogP contribution in [-0.4, -0.2) is 10.1 Å². The van der Waals surface area contributed by atoms with Crippen LogP contribution < -0.4 is 4.74 Å². The molecular weight excluding hydrogens is 245 g/mol. The van der Waals surface area contributed by atoms with E-state index in [0.717, 1.165) is 0 Å². The summed E-state index contributed by atoms with van der Waals surface area (Å²) in [5.41, 5.74) is 0.680. The highest BCUT2D eigenvalue weighted by Gasteiger charge is 2.03. The van der Waals surface area contributed by atoms with Gasteiger partial charge in [-0.2, -0.15) is 0 Å². The molecule has 0 unspecified atom stereocenters. The lowest BCUT2D eigenvalue weighted by Gasteiger charge is -2.05. The monoisotopic (exact) mass is 253 g/mol. The summed E-state index contributed by atoms with van der Waals surface area (Å²) in [6, 6.07) is 7.41.